The second kappa shape index (κ2) is 5.29. The number of nitriles is 1. The lowest BCUT2D eigenvalue weighted by molar-refractivity contribution is 0.0739. The summed E-state index contributed by atoms with van der Waals surface area (Å²) in [4.78, 5) is 2.30. The van der Waals surface area contributed by atoms with E-state index >= 15 is 0 Å². The number of hydrogen-bond acceptors (Lipinski definition) is 3. The van der Waals surface area contributed by atoms with Gasteiger partial charge in [-0.05, 0) is 61.4 Å². The molecule has 1 N–H and O–H groups in total. The topological polar surface area (TPSA) is 39.1 Å². The van der Waals surface area contributed by atoms with Crippen molar-refractivity contribution in [1.29, 1.82) is 5.26 Å². The molecule has 0 amide bonds. The number of rotatable bonds is 4. The van der Waals surface area contributed by atoms with E-state index in [4.69, 9.17) is 0 Å². The number of nitrogens with zero attached hydrogens (tertiary/aromatic N) is 2. The molecule has 0 atom stereocenters. The normalized spacial score (nSPS) is 17.1. The molecule has 2 rings (SSSR count). The van der Waals surface area contributed by atoms with Crippen molar-refractivity contribution in [2.75, 3.05) is 26.0 Å². The van der Waals surface area contributed by atoms with E-state index in [0.29, 0.717) is 5.56 Å². The third-order valence-electron chi connectivity index (χ3n) is 3.97. The van der Waals surface area contributed by atoms with E-state index in [-0.39, 0.29) is 5.54 Å². The van der Waals surface area contributed by atoms with E-state index in [1.165, 1.54) is 19.3 Å². The van der Waals surface area contributed by atoms with Crippen LogP contribution in [0.1, 0.15) is 24.8 Å². The predicted molar refractivity (Wildman–Crippen MR) is 77.6 cm³/mol. The smallest absolute Gasteiger partial charge is 0.103 e. The van der Waals surface area contributed by atoms with E-state index in [9.17, 15) is 5.26 Å². The fraction of sp³-hybridized carbons (Fsp3) is 0.500. The van der Waals surface area contributed by atoms with Gasteiger partial charge in [-0.25, -0.2) is 0 Å². The SMILES string of the molecule is CN(C)C1(CNc2cccc(Br)c2C#N)CCC1. The summed E-state index contributed by atoms with van der Waals surface area (Å²) in [5, 5.41) is 12.6. The highest BCUT2D eigenvalue weighted by molar-refractivity contribution is 9.10. The molecule has 3 nitrogen and oxygen atoms in total. The summed E-state index contributed by atoms with van der Waals surface area (Å²) in [5.74, 6) is 0. The Labute approximate surface area is 117 Å². The molecule has 4 heteroatoms. The number of hydrogen-bond donors (Lipinski definition) is 1. The monoisotopic (exact) mass is 307 g/mol. The number of nitrogens with one attached hydrogen (secondary N) is 1. The maximum atomic E-state index is 9.18. The highest BCUT2D eigenvalue weighted by atomic mass is 79.9. The first-order chi connectivity index (χ1) is 8.59. The van der Waals surface area contributed by atoms with Gasteiger partial charge in [0.15, 0.2) is 0 Å². The molecule has 1 saturated carbocycles. The second-order valence-corrected chi connectivity index (χ2v) is 5.95. The van der Waals surface area contributed by atoms with Crippen LogP contribution in [0.5, 0.6) is 0 Å². The lowest BCUT2D eigenvalue weighted by atomic mass is 9.75. The van der Waals surface area contributed by atoms with Crippen LogP contribution in [0.3, 0.4) is 0 Å². The van der Waals surface area contributed by atoms with Crippen molar-refractivity contribution in [2.45, 2.75) is 24.8 Å². The van der Waals surface area contributed by atoms with Gasteiger partial charge >= 0.3 is 0 Å². The molecular weight excluding hydrogens is 290 g/mol. The Kier molecular flexibility index (Phi) is 3.94. The van der Waals surface area contributed by atoms with Crippen molar-refractivity contribution >= 4 is 21.6 Å². The molecule has 18 heavy (non-hydrogen) atoms. The lowest BCUT2D eigenvalue weighted by Gasteiger charge is -2.47. The van der Waals surface area contributed by atoms with Gasteiger partial charge in [-0.2, -0.15) is 5.26 Å². The predicted octanol–water partition coefficient (Wildman–Crippen LogP) is 3.22. The van der Waals surface area contributed by atoms with Crippen molar-refractivity contribution in [3.63, 3.8) is 0 Å². The maximum Gasteiger partial charge on any atom is 0.103 e. The minimum Gasteiger partial charge on any atom is -0.382 e. The molecule has 1 aromatic rings. The average molecular weight is 308 g/mol. The van der Waals surface area contributed by atoms with E-state index in [0.717, 1.165) is 16.7 Å². The van der Waals surface area contributed by atoms with Gasteiger partial charge in [0.25, 0.3) is 0 Å². The third-order valence-corrected chi connectivity index (χ3v) is 4.63. The molecule has 1 aliphatic rings. The summed E-state index contributed by atoms with van der Waals surface area (Å²) in [7, 11) is 4.26. The summed E-state index contributed by atoms with van der Waals surface area (Å²) in [5.41, 5.74) is 1.86. The van der Waals surface area contributed by atoms with Crippen LogP contribution in [0.2, 0.25) is 0 Å². The molecule has 0 spiro atoms. The fourth-order valence-electron chi connectivity index (χ4n) is 2.41. The van der Waals surface area contributed by atoms with E-state index in [1.807, 2.05) is 18.2 Å². The Bertz CT molecular complexity index is 472. The van der Waals surface area contributed by atoms with Crippen molar-refractivity contribution < 1.29 is 0 Å². The number of benzene rings is 1. The van der Waals surface area contributed by atoms with Crippen LogP contribution < -0.4 is 5.32 Å². The van der Waals surface area contributed by atoms with Gasteiger partial charge in [-0.1, -0.05) is 6.07 Å². The number of likely N-dealkylation sites (N-methyl/N-ethyl adjacent to an activating group) is 1. The van der Waals surface area contributed by atoms with Gasteiger partial charge in [-0.15, -0.1) is 0 Å². The van der Waals surface area contributed by atoms with Gasteiger partial charge in [0.05, 0.1) is 11.3 Å². The van der Waals surface area contributed by atoms with Gasteiger partial charge < -0.3 is 10.2 Å². The van der Waals surface area contributed by atoms with Crippen LogP contribution >= 0.6 is 15.9 Å². The van der Waals surface area contributed by atoms with Crippen LogP contribution in [0.15, 0.2) is 22.7 Å². The van der Waals surface area contributed by atoms with E-state index in [2.05, 4.69) is 46.3 Å². The lowest BCUT2D eigenvalue weighted by Crippen LogP contribution is -2.54. The zero-order valence-corrected chi connectivity index (χ0v) is 12.4. The molecule has 1 aliphatic carbocycles. The molecule has 1 fully saturated rings. The Morgan fingerprint density at radius 1 is 1.44 bits per heavy atom. The minimum atomic E-state index is 0.259. The Hall–Kier alpha value is -1.05. The molecule has 0 unspecified atom stereocenters. The van der Waals surface area contributed by atoms with Crippen molar-refractivity contribution in [3.8, 4) is 6.07 Å². The summed E-state index contributed by atoms with van der Waals surface area (Å²) >= 11 is 3.41. The minimum absolute atomic E-state index is 0.259. The molecule has 0 radical (unpaired) electrons. The van der Waals surface area contributed by atoms with Gasteiger partial charge in [0, 0.05) is 16.6 Å². The van der Waals surface area contributed by atoms with Crippen LogP contribution in [0, 0.1) is 11.3 Å². The third kappa shape index (κ3) is 2.38. The standard InChI is InChI=1S/C14H18BrN3/c1-18(2)14(7-4-8-14)10-17-13-6-3-5-12(15)11(13)9-16/h3,5-6,17H,4,7-8,10H2,1-2H3. The molecule has 1 aromatic carbocycles. The Morgan fingerprint density at radius 2 is 2.17 bits per heavy atom. The highest BCUT2D eigenvalue weighted by Crippen LogP contribution is 2.36. The van der Waals surface area contributed by atoms with Crippen LogP contribution in [0.4, 0.5) is 5.69 Å². The summed E-state index contributed by atoms with van der Waals surface area (Å²) < 4.78 is 0.850. The first-order valence-corrected chi connectivity index (χ1v) is 6.98. The molecule has 0 saturated heterocycles. The second-order valence-electron chi connectivity index (χ2n) is 5.10. The van der Waals surface area contributed by atoms with E-state index in [1.54, 1.807) is 0 Å². The van der Waals surface area contributed by atoms with E-state index < -0.39 is 0 Å². The number of anilines is 1. The number of halogens is 1. The summed E-state index contributed by atoms with van der Waals surface area (Å²) in [6, 6.07) is 8.06. The summed E-state index contributed by atoms with van der Waals surface area (Å²) in [6.07, 6.45) is 3.75. The Morgan fingerprint density at radius 3 is 2.67 bits per heavy atom. The van der Waals surface area contributed by atoms with Crippen molar-refractivity contribution in [1.82, 2.24) is 4.90 Å². The molecule has 96 valence electrons. The molecule has 0 aliphatic heterocycles. The summed E-state index contributed by atoms with van der Waals surface area (Å²) in [6.45, 7) is 0.894. The Balaban J connectivity index is 2.11. The van der Waals surface area contributed by atoms with Gasteiger partial charge in [0.1, 0.15) is 6.07 Å². The van der Waals surface area contributed by atoms with Crippen LogP contribution in [0.25, 0.3) is 0 Å². The van der Waals surface area contributed by atoms with Crippen LogP contribution in [-0.4, -0.2) is 31.1 Å². The largest absolute Gasteiger partial charge is 0.382 e. The zero-order valence-electron chi connectivity index (χ0n) is 10.8. The fourth-order valence-corrected chi connectivity index (χ4v) is 2.87. The maximum absolute atomic E-state index is 9.18. The molecule has 0 bridgehead atoms. The van der Waals surface area contributed by atoms with Crippen molar-refractivity contribution in [2.24, 2.45) is 0 Å². The average Bonchev–Trinajstić information content (AvgIpc) is 2.27. The quantitative estimate of drug-likeness (QED) is 0.928. The zero-order chi connectivity index (χ0) is 13.2. The first-order valence-electron chi connectivity index (χ1n) is 6.19. The van der Waals surface area contributed by atoms with Crippen molar-refractivity contribution in [3.05, 3.63) is 28.2 Å². The molecular formula is C14H18BrN3. The van der Waals surface area contributed by atoms with Crippen LogP contribution in [-0.2, 0) is 0 Å². The molecule has 0 aromatic heterocycles. The highest BCUT2D eigenvalue weighted by Gasteiger charge is 2.38. The molecule has 0 heterocycles. The van der Waals surface area contributed by atoms with Gasteiger partial charge in [0.2, 0.25) is 0 Å². The first kappa shape index (κ1) is 13.4. The van der Waals surface area contributed by atoms with Gasteiger partial charge in [-0.3, -0.25) is 0 Å².